The zero-order valence-electron chi connectivity index (χ0n) is 25.1. The van der Waals surface area contributed by atoms with Crippen molar-refractivity contribution in [1.82, 2.24) is 0 Å². The molecular formula is C32H39FO10. The van der Waals surface area contributed by atoms with Gasteiger partial charge in [-0.1, -0.05) is 37.3 Å². The molecule has 2 aromatic rings. The second-order valence-electron chi connectivity index (χ2n) is 10.6. The normalized spacial score (nSPS) is 20.4. The van der Waals surface area contributed by atoms with Gasteiger partial charge in [0.15, 0.2) is 18.7 Å². The maximum absolute atomic E-state index is 15.8. The van der Waals surface area contributed by atoms with Crippen LogP contribution in [0.3, 0.4) is 0 Å². The fourth-order valence-corrected chi connectivity index (χ4v) is 4.48. The molecule has 2 aromatic carbocycles. The number of ether oxygens (including phenoxy) is 6. The van der Waals surface area contributed by atoms with Crippen molar-refractivity contribution in [3.63, 3.8) is 0 Å². The SMILES string of the molecule is COCOc1cc(OC)cc(/C=C/C[C@H]2OC(C)(C)O[C@@H]2C(OC(=O)c2ccccc2)/C(F)=C\[C@@H](C)[C@H](C)O)c1C(=O)O. The average molecular weight is 603 g/mol. The third-order valence-corrected chi connectivity index (χ3v) is 6.77. The van der Waals surface area contributed by atoms with Crippen LogP contribution < -0.4 is 9.47 Å². The molecule has 0 spiro atoms. The van der Waals surface area contributed by atoms with E-state index in [2.05, 4.69) is 0 Å². The Balaban J connectivity index is 1.96. The van der Waals surface area contributed by atoms with Crippen molar-refractivity contribution in [1.29, 1.82) is 0 Å². The van der Waals surface area contributed by atoms with Crippen molar-refractivity contribution in [2.45, 2.75) is 64.3 Å². The lowest BCUT2D eigenvalue weighted by Crippen LogP contribution is -2.39. The van der Waals surface area contributed by atoms with Gasteiger partial charge in [0.1, 0.15) is 29.0 Å². The quantitative estimate of drug-likeness (QED) is 0.214. The number of carboxylic acid groups (broad SMARTS) is 1. The van der Waals surface area contributed by atoms with Crippen LogP contribution in [0.2, 0.25) is 0 Å². The van der Waals surface area contributed by atoms with E-state index in [-0.39, 0.29) is 35.7 Å². The van der Waals surface area contributed by atoms with Crippen LogP contribution in [0, 0.1) is 5.92 Å². The number of carbonyl (C=O) groups is 2. The van der Waals surface area contributed by atoms with Gasteiger partial charge in [-0.2, -0.15) is 0 Å². The molecule has 11 heteroatoms. The van der Waals surface area contributed by atoms with E-state index in [0.29, 0.717) is 5.75 Å². The number of aliphatic hydroxyl groups is 1. The third kappa shape index (κ3) is 9.11. The van der Waals surface area contributed by atoms with Crippen molar-refractivity contribution in [3.05, 3.63) is 77.1 Å². The first kappa shape index (κ1) is 33.7. The number of methoxy groups -OCH3 is 2. The summed E-state index contributed by atoms with van der Waals surface area (Å²) >= 11 is 0. The first-order valence-electron chi connectivity index (χ1n) is 13.8. The lowest BCUT2D eigenvalue weighted by Gasteiger charge is -2.26. The van der Waals surface area contributed by atoms with Gasteiger partial charge in [0.25, 0.3) is 0 Å². The van der Waals surface area contributed by atoms with Crippen LogP contribution in [-0.4, -0.2) is 73.4 Å². The monoisotopic (exact) mass is 602 g/mol. The summed E-state index contributed by atoms with van der Waals surface area (Å²) in [4.78, 5) is 25.1. The second kappa shape index (κ2) is 15.1. The molecule has 1 saturated heterocycles. The van der Waals surface area contributed by atoms with Gasteiger partial charge in [0.2, 0.25) is 0 Å². The molecule has 2 N–H and O–H groups in total. The van der Waals surface area contributed by atoms with Crippen molar-refractivity contribution < 1.29 is 52.6 Å². The molecule has 0 amide bonds. The summed E-state index contributed by atoms with van der Waals surface area (Å²) in [6, 6.07) is 11.1. The minimum absolute atomic E-state index is 0.0557. The van der Waals surface area contributed by atoms with Crippen LogP contribution >= 0.6 is 0 Å². The van der Waals surface area contributed by atoms with Gasteiger partial charge < -0.3 is 38.6 Å². The number of esters is 1. The van der Waals surface area contributed by atoms with Crippen molar-refractivity contribution >= 4 is 18.0 Å². The van der Waals surface area contributed by atoms with Crippen LogP contribution in [-0.2, 0) is 18.9 Å². The summed E-state index contributed by atoms with van der Waals surface area (Å²) in [6.45, 7) is 6.31. The number of halogens is 1. The Kier molecular flexibility index (Phi) is 11.8. The van der Waals surface area contributed by atoms with E-state index in [1.54, 1.807) is 63.3 Å². The number of carboxylic acids is 1. The van der Waals surface area contributed by atoms with Crippen molar-refractivity contribution in [2.24, 2.45) is 5.92 Å². The van der Waals surface area contributed by atoms with E-state index in [1.165, 1.54) is 39.4 Å². The number of aliphatic hydroxyl groups excluding tert-OH is 1. The standard InChI is InChI=1S/C32H39FO10/c1-19(20(2)34)15-24(33)28(41-31(37)21-11-8-7-9-12-21)29-25(42-32(3,4)43-29)14-10-13-22-16-23(39-6)17-26(40-18-38-5)27(22)30(35)36/h7-13,15-17,19-20,25,28-29,34H,14,18H2,1-6H3,(H,35,36)/b13-10+,24-15+/t19-,20+,25-,28?,29+/m1/s1. The molecule has 0 aromatic heterocycles. The molecule has 1 fully saturated rings. The molecule has 1 aliphatic heterocycles. The second-order valence-corrected chi connectivity index (χ2v) is 10.6. The van der Waals surface area contributed by atoms with E-state index in [1.807, 2.05) is 0 Å². The van der Waals surface area contributed by atoms with E-state index < -0.39 is 53.9 Å². The van der Waals surface area contributed by atoms with Gasteiger partial charge in [-0.05, 0) is 57.0 Å². The molecular weight excluding hydrogens is 563 g/mol. The summed E-state index contributed by atoms with van der Waals surface area (Å²) in [5, 5.41) is 19.9. The summed E-state index contributed by atoms with van der Waals surface area (Å²) in [6.07, 6.45) is 0.331. The molecule has 10 nitrogen and oxygen atoms in total. The molecule has 1 heterocycles. The number of rotatable bonds is 14. The van der Waals surface area contributed by atoms with Crippen LogP contribution in [0.15, 0.2) is 60.4 Å². The molecule has 3 rings (SSSR count). The van der Waals surface area contributed by atoms with Gasteiger partial charge in [-0.15, -0.1) is 0 Å². The minimum Gasteiger partial charge on any atom is -0.497 e. The van der Waals surface area contributed by atoms with Crippen LogP contribution in [0.1, 0.15) is 60.4 Å². The highest BCUT2D eigenvalue weighted by atomic mass is 19.1. The maximum Gasteiger partial charge on any atom is 0.340 e. The third-order valence-electron chi connectivity index (χ3n) is 6.77. The Labute approximate surface area is 250 Å². The van der Waals surface area contributed by atoms with Crippen LogP contribution in [0.5, 0.6) is 11.5 Å². The zero-order chi connectivity index (χ0) is 31.7. The van der Waals surface area contributed by atoms with E-state index >= 15 is 4.39 Å². The minimum atomic E-state index is -1.49. The van der Waals surface area contributed by atoms with E-state index in [9.17, 15) is 19.8 Å². The molecule has 0 aliphatic carbocycles. The number of benzene rings is 2. The number of hydrogen-bond donors (Lipinski definition) is 2. The van der Waals surface area contributed by atoms with Gasteiger partial charge in [0, 0.05) is 19.1 Å². The Morgan fingerprint density at radius 3 is 2.42 bits per heavy atom. The molecule has 0 saturated carbocycles. The van der Waals surface area contributed by atoms with Crippen LogP contribution in [0.4, 0.5) is 4.39 Å². The average Bonchev–Trinajstić information content (AvgIpc) is 3.27. The Morgan fingerprint density at radius 2 is 1.81 bits per heavy atom. The number of carbonyl (C=O) groups excluding carboxylic acids is 1. The van der Waals surface area contributed by atoms with E-state index in [0.717, 1.165) is 0 Å². The number of aromatic carboxylic acids is 1. The lowest BCUT2D eigenvalue weighted by molar-refractivity contribution is -0.154. The largest absolute Gasteiger partial charge is 0.497 e. The number of hydrogen-bond acceptors (Lipinski definition) is 9. The molecule has 0 radical (unpaired) electrons. The van der Waals surface area contributed by atoms with Gasteiger partial charge in [0.05, 0.1) is 24.9 Å². The summed E-state index contributed by atoms with van der Waals surface area (Å²) < 4.78 is 49.3. The smallest absolute Gasteiger partial charge is 0.340 e. The summed E-state index contributed by atoms with van der Waals surface area (Å²) in [7, 11) is 2.85. The first-order valence-corrected chi connectivity index (χ1v) is 13.8. The maximum atomic E-state index is 15.8. The predicted octanol–water partition coefficient (Wildman–Crippen LogP) is 5.40. The molecule has 1 aliphatic rings. The topological polar surface area (TPSA) is 130 Å². The van der Waals surface area contributed by atoms with Gasteiger partial charge in [-0.25, -0.2) is 14.0 Å². The molecule has 1 unspecified atom stereocenters. The summed E-state index contributed by atoms with van der Waals surface area (Å²) in [5.74, 6) is -4.09. The lowest BCUT2D eigenvalue weighted by atomic mass is 9.99. The fourth-order valence-electron chi connectivity index (χ4n) is 4.48. The Morgan fingerprint density at radius 1 is 1.12 bits per heavy atom. The molecule has 0 bridgehead atoms. The highest BCUT2D eigenvalue weighted by Crippen LogP contribution is 2.37. The van der Waals surface area contributed by atoms with Gasteiger partial charge in [-0.3, -0.25) is 0 Å². The Hall–Kier alpha value is -3.77. The van der Waals surface area contributed by atoms with Crippen LogP contribution in [0.25, 0.3) is 6.08 Å². The van der Waals surface area contributed by atoms with E-state index in [4.69, 9.17) is 28.4 Å². The molecule has 5 atom stereocenters. The highest BCUT2D eigenvalue weighted by molar-refractivity contribution is 5.95. The summed E-state index contributed by atoms with van der Waals surface area (Å²) in [5.41, 5.74) is 0.408. The zero-order valence-corrected chi connectivity index (χ0v) is 25.1. The van der Waals surface area contributed by atoms with Gasteiger partial charge >= 0.3 is 11.9 Å². The molecule has 43 heavy (non-hydrogen) atoms. The molecule has 234 valence electrons. The van der Waals surface area contributed by atoms with Crippen molar-refractivity contribution in [3.8, 4) is 11.5 Å². The predicted molar refractivity (Wildman–Crippen MR) is 156 cm³/mol. The Bertz CT molecular complexity index is 1300. The fraction of sp³-hybridized carbons (Fsp3) is 0.438. The first-order chi connectivity index (χ1) is 20.4. The highest BCUT2D eigenvalue weighted by Gasteiger charge is 2.48. The van der Waals surface area contributed by atoms with Crippen molar-refractivity contribution in [2.75, 3.05) is 21.0 Å².